The molecule has 0 saturated heterocycles. The van der Waals surface area contributed by atoms with Crippen molar-refractivity contribution in [1.29, 1.82) is 0 Å². The number of rotatable bonds is 0. The second-order valence-corrected chi connectivity index (χ2v) is 9.81. The molecule has 4 aliphatic carbocycles. The van der Waals surface area contributed by atoms with Gasteiger partial charge in [0.25, 0.3) is 0 Å². The summed E-state index contributed by atoms with van der Waals surface area (Å²) < 4.78 is 14.5. The molecule has 0 aromatic carbocycles. The van der Waals surface area contributed by atoms with Crippen LogP contribution < -0.4 is 0 Å². The second kappa shape index (κ2) is 4.70. The highest BCUT2D eigenvalue weighted by Crippen LogP contribution is 2.65. The van der Waals surface area contributed by atoms with E-state index in [-0.39, 0.29) is 16.7 Å². The van der Waals surface area contributed by atoms with Crippen LogP contribution in [0.15, 0.2) is 11.6 Å². The number of fused-ring (bicyclic) bond motifs is 5. The Hall–Kier alpha value is -0.660. The highest BCUT2D eigenvalue weighted by Gasteiger charge is 2.60. The summed E-state index contributed by atoms with van der Waals surface area (Å²) in [4.78, 5) is 12.7. The fraction of sp³-hybridized carbons (Fsp3) is 0.857. The largest absolute Gasteiger partial charge is 0.299 e. The minimum absolute atomic E-state index is 0.0778. The van der Waals surface area contributed by atoms with Gasteiger partial charge in [-0.1, -0.05) is 32.4 Å². The fourth-order valence-corrected chi connectivity index (χ4v) is 6.89. The van der Waals surface area contributed by atoms with Gasteiger partial charge in [0.05, 0.1) is 0 Å². The van der Waals surface area contributed by atoms with Gasteiger partial charge in [0, 0.05) is 17.8 Å². The molecular formula is C21H31FO. The first-order chi connectivity index (χ1) is 10.7. The molecule has 4 aliphatic rings. The molecule has 0 aromatic rings. The van der Waals surface area contributed by atoms with E-state index >= 15 is 0 Å². The molecule has 0 N–H and O–H groups in total. The van der Waals surface area contributed by atoms with E-state index in [0.29, 0.717) is 36.4 Å². The van der Waals surface area contributed by atoms with E-state index in [1.165, 1.54) is 5.57 Å². The van der Waals surface area contributed by atoms with Crippen molar-refractivity contribution in [3.8, 4) is 0 Å². The molecule has 0 radical (unpaired) electrons. The average Bonchev–Trinajstić information content (AvgIpc) is 2.71. The van der Waals surface area contributed by atoms with Gasteiger partial charge in [-0.05, 0) is 68.6 Å². The number of carbonyl (C=O) groups excluding carboxylic acids is 1. The van der Waals surface area contributed by atoms with E-state index < -0.39 is 5.67 Å². The average molecular weight is 318 g/mol. The number of allylic oxidation sites excluding steroid dienone is 2. The predicted molar refractivity (Wildman–Crippen MR) is 90.8 cm³/mol. The van der Waals surface area contributed by atoms with Gasteiger partial charge in [-0.15, -0.1) is 0 Å². The van der Waals surface area contributed by atoms with Gasteiger partial charge in [0.1, 0.15) is 11.5 Å². The van der Waals surface area contributed by atoms with Gasteiger partial charge >= 0.3 is 0 Å². The first-order valence-electron chi connectivity index (χ1n) is 9.60. The SMILES string of the molecule is C[C@@H]1C[C@H]2[C@@H]3CC=C4C[C@](C)(F)CC[C@]4(C)[C@H]3CC[C@]2(C)C1=O. The minimum Gasteiger partial charge on any atom is -0.299 e. The molecular weight excluding hydrogens is 287 g/mol. The van der Waals surface area contributed by atoms with Crippen LogP contribution in [-0.4, -0.2) is 11.5 Å². The molecule has 128 valence electrons. The Morgan fingerprint density at radius 2 is 1.83 bits per heavy atom. The molecule has 0 aromatic heterocycles. The van der Waals surface area contributed by atoms with Crippen molar-refractivity contribution in [2.24, 2.45) is 34.5 Å². The van der Waals surface area contributed by atoms with Crippen LogP contribution in [0.5, 0.6) is 0 Å². The normalized spacial score (nSPS) is 55.7. The van der Waals surface area contributed by atoms with Crippen LogP contribution in [0.4, 0.5) is 4.39 Å². The van der Waals surface area contributed by atoms with Gasteiger partial charge in [-0.25, -0.2) is 4.39 Å². The van der Waals surface area contributed by atoms with E-state index in [4.69, 9.17) is 0 Å². The molecule has 2 heteroatoms. The van der Waals surface area contributed by atoms with Gasteiger partial charge in [-0.3, -0.25) is 4.79 Å². The van der Waals surface area contributed by atoms with Crippen LogP contribution in [0, 0.1) is 34.5 Å². The third kappa shape index (κ3) is 2.05. The summed E-state index contributed by atoms with van der Waals surface area (Å²) in [5, 5.41) is 0. The van der Waals surface area contributed by atoms with Crippen LogP contribution in [0.3, 0.4) is 0 Å². The Morgan fingerprint density at radius 3 is 2.57 bits per heavy atom. The number of carbonyl (C=O) groups is 1. The maximum absolute atomic E-state index is 14.5. The lowest BCUT2D eigenvalue weighted by Gasteiger charge is -2.57. The Balaban J connectivity index is 1.69. The zero-order valence-corrected chi connectivity index (χ0v) is 15.1. The van der Waals surface area contributed by atoms with Crippen molar-refractivity contribution in [1.82, 2.24) is 0 Å². The van der Waals surface area contributed by atoms with E-state index in [1.807, 2.05) is 0 Å². The monoisotopic (exact) mass is 318 g/mol. The number of Topliss-reactive ketones (excluding diaryl/α,β-unsaturated/α-hetero) is 1. The molecule has 0 amide bonds. The highest BCUT2D eigenvalue weighted by molar-refractivity contribution is 5.89. The molecule has 0 bridgehead atoms. The first kappa shape index (κ1) is 15.8. The van der Waals surface area contributed by atoms with E-state index in [9.17, 15) is 9.18 Å². The minimum atomic E-state index is -1.01. The Morgan fingerprint density at radius 1 is 1.09 bits per heavy atom. The van der Waals surface area contributed by atoms with E-state index in [1.54, 1.807) is 6.92 Å². The van der Waals surface area contributed by atoms with Crippen molar-refractivity contribution >= 4 is 5.78 Å². The molecule has 3 saturated carbocycles. The molecule has 0 spiro atoms. The van der Waals surface area contributed by atoms with Crippen LogP contribution in [0.25, 0.3) is 0 Å². The first-order valence-corrected chi connectivity index (χ1v) is 9.60. The highest BCUT2D eigenvalue weighted by atomic mass is 19.1. The molecule has 0 heterocycles. The zero-order valence-electron chi connectivity index (χ0n) is 15.1. The lowest BCUT2D eigenvalue weighted by Crippen LogP contribution is -2.51. The Labute approximate surface area is 140 Å². The number of hydrogen-bond acceptors (Lipinski definition) is 1. The van der Waals surface area contributed by atoms with Crippen molar-refractivity contribution in [3.05, 3.63) is 11.6 Å². The van der Waals surface area contributed by atoms with Crippen molar-refractivity contribution < 1.29 is 9.18 Å². The lowest BCUT2D eigenvalue weighted by molar-refractivity contribution is -0.134. The zero-order chi connectivity index (χ0) is 16.6. The van der Waals surface area contributed by atoms with Crippen LogP contribution in [0.1, 0.15) is 72.6 Å². The summed E-state index contributed by atoms with van der Waals surface area (Å²) in [5.74, 6) is 2.61. The van der Waals surface area contributed by atoms with Gasteiger partial charge in [0.2, 0.25) is 0 Å². The standard InChI is InChI=1S/C21H31FO/c1-13-11-17-15-6-5-14-12-19(2,22)9-10-20(14,3)16(15)7-8-21(17,4)18(13)23/h5,13,15-17H,6-12H2,1-4H3/t13-,15-,16+,17+,19-,20+,21+/m1/s1. The lowest BCUT2D eigenvalue weighted by atomic mass is 9.47. The Bertz CT molecular complexity index is 576. The van der Waals surface area contributed by atoms with E-state index in [0.717, 1.165) is 32.1 Å². The third-order valence-corrected chi connectivity index (χ3v) is 8.36. The number of ketones is 1. The maximum atomic E-state index is 14.5. The third-order valence-electron chi connectivity index (χ3n) is 8.36. The second-order valence-electron chi connectivity index (χ2n) is 9.81. The summed E-state index contributed by atoms with van der Waals surface area (Å²) >= 11 is 0. The summed E-state index contributed by atoms with van der Waals surface area (Å²) in [7, 11) is 0. The summed E-state index contributed by atoms with van der Waals surface area (Å²) in [6.45, 7) is 8.53. The topological polar surface area (TPSA) is 17.1 Å². The van der Waals surface area contributed by atoms with Crippen LogP contribution in [-0.2, 0) is 4.79 Å². The van der Waals surface area contributed by atoms with Gasteiger partial charge in [-0.2, -0.15) is 0 Å². The van der Waals surface area contributed by atoms with Gasteiger partial charge in [0.15, 0.2) is 0 Å². The predicted octanol–water partition coefficient (Wildman–Crippen LogP) is 5.49. The number of hydrogen-bond donors (Lipinski definition) is 0. The number of alkyl halides is 1. The molecule has 1 nitrogen and oxygen atoms in total. The summed E-state index contributed by atoms with van der Waals surface area (Å²) in [5.41, 5.74) is 0.478. The molecule has 4 rings (SSSR count). The molecule has 0 aliphatic heterocycles. The fourth-order valence-electron chi connectivity index (χ4n) is 6.89. The van der Waals surface area contributed by atoms with Crippen molar-refractivity contribution in [3.63, 3.8) is 0 Å². The smallest absolute Gasteiger partial charge is 0.141 e. The number of halogens is 1. The molecule has 3 fully saturated rings. The van der Waals surface area contributed by atoms with Crippen molar-refractivity contribution in [2.75, 3.05) is 0 Å². The van der Waals surface area contributed by atoms with Crippen molar-refractivity contribution in [2.45, 2.75) is 78.3 Å². The van der Waals surface area contributed by atoms with E-state index in [2.05, 4.69) is 26.8 Å². The molecule has 7 atom stereocenters. The van der Waals surface area contributed by atoms with Crippen LogP contribution in [0.2, 0.25) is 0 Å². The Kier molecular flexibility index (Phi) is 3.24. The molecule has 23 heavy (non-hydrogen) atoms. The summed E-state index contributed by atoms with van der Waals surface area (Å²) in [6.07, 6.45) is 9.05. The quantitative estimate of drug-likeness (QED) is 0.540. The maximum Gasteiger partial charge on any atom is 0.141 e. The van der Waals surface area contributed by atoms with Crippen LogP contribution >= 0.6 is 0 Å². The van der Waals surface area contributed by atoms with Gasteiger partial charge < -0.3 is 0 Å². The summed E-state index contributed by atoms with van der Waals surface area (Å²) in [6, 6.07) is 0. The molecule has 0 unspecified atom stereocenters.